The molecular formula is C12H15NO6. The Morgan fingerprint density at radius 2 is 2.11 bits per heavy atom. The van der Waals surface area contributed by atoms with Gasteiger partial charge in [0.15, 0.2) is 6.10 Å². The number of esters is 1. The van der Waals surface area contributed by atoms with E-state index < -0.39 is 23.1 Å². The van der Waals surface area contributed by atoms with E-state index in [9.17, 15) is 25.1 Å². The zero-order valence-electron chi connectivity index (χ0n) is 10.6. The van der Waals surface area contributed by atoms with Gasteiger partial charge in [-0.25, -0.2) is 4.79 Å². The van der Waals surface area contributed by atoms with Gasteiger partial charge in [0.25, 0.3) is 5.69 Å². The number of carbonyl (C=O) groups is 1. The van der Waals surface area contributed by atoms with Crippen LogP contribution in [-0.4, -0.2) is 33.8 Å². The molecule has 0 aromatic heterocycles. The molecule has 0 saturated heterocycles. The van der Waals surface area contributed by atoms with Crippen LogP contribution in [0.2, 0.25) is 0 Å². The van der Waals surface area contributed by atoms with E-state index in [1.807, 2.05) is 0 Å². The first kappa shape index (κ1) is 15.1. The standard InChI is InChI=1S/C12H15NO6/c1-3-19-12(16)11(15)10(14)8-6-7(2)4-5-9(8)13(17)18/h4-6,10-11,14-15H,3H2,1-2H3. The first-order valence-corrected chi connectivity index (χ1v) is 5.66. The molecule has 2 atom stereocenters. The largest absolute Gasteiger partial charge is 0.464 e. The highest BCUT2D eigenvalue weighted by atomic mass is 16.6. The van der Waals surface area contributed by atoms with Crippen LogP contribution in [0.3, 0.4) is 0 Å². The van der Waals surface area contributed by atoms with Crippen molar-refractivity contribution in [1.82, 2.24) is 0 Å². The maximum Gasteiger partial charge on any atom is 0.338 e. The van der Waals surface area contributed by atoms with Crippen LogP contribution in [0.5, 0.6) is 0 Å². The molecule has 0 spiro atoms. The second-order valence-electron chi connectivity index (χ2n) is 3.96. The summed E-state index contributed by atoms with van der Waals surface area (Å²) < 4.78 is 4.56. The lowest BCUT2D eigenvalue weighted by Crippen LogP contribution is -2.30. The second-order valence-corrected chi connectivity index (χ2v) is 3.96. The number of hydrogen-bond acceptors (Lipinski definition) is 6. The Hall–Kier alpha value is -1.99. The van der Waals surface area contributed by atoms with Gasteiger partial charge in [0, 0.05) is 6.07 Å². The molecule has 7 nitrogen and oxygen atoms in total. The molecule has 0 amide bonds. The number of nitrogens with zero attached hydrogens (tertiary/aromatic N) is 1. The lowest BCUT2D eigenvalue weighted by atomic mass is 10.0. The summed E-state index contributed by atoms with van der Waals surface area (Å²) in [6.07, 6.45) is -3.57. The predicted molar refractivity (Wildman–Crippen MR) is 65.4 cm³/mol. The second kappa shape index (κ2) is 6.26. The molecule has 0 saturated carbocycles. The van der Waals surface area contributed by atoms with E-state index in [0.717, 1.165) is 0 Å². The van der Waals surface area contributed by atoms with E-state index in [1.165, 1.54) is 18.2 Å². The zero-order chi connectivity index (χ0) is 14.6. The first-order chi connectivity index (χ1) is 8.88. The third-order valence-corrected chi connectivity index (χ3v) is 2.53. The topological polar surface area (TPSA) is 110 Å². The third kappa shape index (κ3) is 3.49. The number of carbonyl (C=O) groups excluding carboxylic acids is 1. The number of rotatable bonds is 5. The van der Waals surface area contributed by atoms with Crippen molar-refractivity contribution in [2.24, 2.45) is 0 Å². The Labute approximate surface area is 109 Å². The minimum atomic E-state index is -1.86. The lowest BCUT2D eigenvalue weighted by Gasteiger charge is -2.17. The van der Waals surface area contributed by atoms with Gasteiger partial charge < -0.3 is 14.9 Å². The van der Waals surface area contributed by atoms with Crippen molar-refractivity contribution in [3.05, 3.63) is 39.4 Å². The average Bonchev–Trinajstić information content (AvgIpc) is 2.36. The summed E-state index contributed by atoms with van der Waals surface area (Å²) in [7, 11) is 0. The summed E-state index contributed by atoms with van der Waals surface area (Å²) in [5, 5.41) is 30.4. The van der Waals surface area contributed by atoms with Gasteiger partial charge in [-0.3, -0.25) is 10.1 Å². The summed E-state index contributed by atoms with van der Waals surface area (Å²) in [4.78, 5) is 21.5. The molecule has 0 heterocycles. The Morgan fingerprint density at radius 1 is 1.47 bits per heavy atom. The van der Waals surface area contributed by atoms with Gasteiger partial charge in [0.2, 0.25) is 0 Å². The van der Waals surface area contributed by atoms with Crippen LogP contribution in [0.4, 0.5) is 5.69 Å². The van der Waals surface area contributed by atoms with Crippen molar-refractivity contribution in [2.75, 3.05) is 6.61 Å². The van der Waals surface area contributed by atoms with Crippen molar-refractivity contribution >= 4 is 11.7 Å². The van der Waals surface area contributed by atoms with Gasteiger partial charge in [0.1, 0.15) is 6.10 Å². The Balaban J connectivity index is 3.10. The summed E-state index contributed by atoms with van der Waals surface area (Å²) in [5.74, 6) is -1.02. The van der Waals surface area contributed by atoms with Gasteiger partial charge in [-0.15, -0.1) is 0 Å². The maximum atomic E-state index is 11.3. The molecule has 0 aliphatic rings. The Bertz CT molecular complexity index is 487. The number of aliphatic hydroxyl groups excluding tert-OH is 2. The monoisotopic (exact) mass is 269 g/mol. The predicted octanol–water partition coefficient (Wildman–Crippen LogP) is 0.861. The molecule has 7 heteroatoms. The molecule has 0 aliphatic carbocycles. The molecule has 1 aromatic carbocycles. The van der Waals surface area contributed by atoms with E-state index in [0.29, 0.717) is 5.56 Å². The summed E-state index contributed by atoms with van der Waals surface area (Å²) in [5.41, 5.74) is 0.183. The van der Waals surface area contributed by atoms with Crippen LogP contribution >= 0.6 is 0 Å². The molecule has 2 unspecified atom stereocenters. The zero-order valence-corrected chi connectivity index (χ0v) is 10.6. The summed E-state index contributed by atoms with van der Waals surface area (Å²) in [6, 6.07) is 4.07. The van der Waals surface area contributed by atoms with Gasteiger partial charge in [-0.1, -0.05) is 11.6 Å². The van der Waals surface area contributed by atoms with Crippen LogP contribution in [0.25, 0.3) is 0 Å². The molecule has 0 fully saturated rings. The Kier molecular flexibility index (Phi) is 4.96. The van der Waals surface area contributed by atoms with Crippen LogP contribution < -0.4 is 0 Å². The van der Waals surface area contributed by atoms with Crippen LogP contribution in [-0.2, 0) is 9.53 Å². The summed E-state index contributed by atoms with van der Waals surface area (Å²) >= 11 is 0. The minimum absolute atomic E-state index is 0.0402. The van der Waals surface area contributed by atoms with Crippen molar-refractivity contribution in [3.8, 4) is 0 Å². The van der Waals surface area contributed by atoms with Crippen LogP contribution in [0, 0.1) is 17.0 Å². The highest BCUT2D eigenvalue weighted by Gasteiger charge is 2.31. The fraction of sp³-hybridized carbons (Fsp3) is 0.417. The number of nitro benzene ring substituents is 1. The van der Waals surface area contributed by atoms with E-state index in [1.54, 1.807) is 13.8 Å². The molecule has 1 rings (SSSR count). The average molecular weight is 269 g/mol. The van der Waals surface area contributed by atoms with E-state index in [-0.39, 0.29) is 17.9 Å². The number of ether oxygens (including phenoxy) is 1. The highest BCUT2D eigenvalue weighted by molar-refractivity contribution is 5.75. The van der Waals surface area contributed by atoms with Crippen molar-refractivity contribution in [2.45, 2.75) is 26.1 Å². The number of aryl methyl sites for hydroxylation is 1. The molecule has 0 aliphatic heterocycles. The molecule has 0 radical (unpaired) electrons. The number of aliphatic hydroxyl groups is 2. The summed E-state index contributed by atoms with van der Waals surface area (Å²) in [6.45, 7) is 3.27. The van der Waals surface area contributed by atoms with Crippen LogP contribution in [0.1, 0.15) is 24.2 Å². The van der Waals surface area contributed by atoms with E-state index in [4.69, 9.17) is 0 Å². The van der Waals surface area contributed by atoms with Crippen molar-refractivity contribution in [1.29, 1.82) is 0 Å². The molecule has 19 heavy (non-hydrogen) atoms. The molecule has 0 bridgehead atoms. The Morgan fingerprint density at radius 3 is 2.63 bits per heavy atom. The highest BCUT2D eigenvalue weighted by Crippen LogP contribution is 2.28. The molecule has 1 aromatic rings. The van der Waals surface area contributed by atoms with E-state index >= 15 is 0 Å². The lowest BCUT2D eigenvalue weighted by molar-refractivity contribution is -0.386. The van der Waals surface area contributed by atoms with Gasteiger partial charge in [0.05, 0.1) is 17.1 Å². The minimum Gasteiger partial charge on any atom is -0.464 e. The smallest absolute Gasteiger partial charge is 0.338 e. The number of benzene rings is 1. The van der Waals surface area contributed by atoms with Crippen molar-refractivity contribution < 1.29 is 24.7 Å². The SMILES string of the molecule is CCOC(=O)C(O)C(O)c1cc(C)ccc1[N+](=O)[O-]. The number of nitro groups is 1. The fourth-order valence-corrected chi connectivity index (χ4v) is 1.60. The van der Waals surface area contributed by atoms with Gasteiger partial charge in [-0.2, -0.15) is 0 Å². The van der Waals surface area contributed by atoms with Gasteiger partial charge in [-0.05, 0) is 19.9 Å². The van der Waals surface area contributed by atoms with Gasteiger partial charge >= 0.3 is 5.97 Å². The van der Waals surface area contributed by atoms with E-state index in [2.05, 4.69) is 4.74 Å². The van der Waals surface area contributed by atoms with Crippen molar-refractivity contribution in [3.63, 3.8) is 0 Å². The molecular weight excluding hydrogens is 254 g/mol. The van der Waals surface area contributed by atoms with Crippen LogP contribution in [0.15, 0.2) is 18.2 Å². The first-order valence-electron chi connectivity index (χ1n) is 5.66. The molecule has 104 valence electrons. The number of hydrogen-bond donors (Lipinski definition) is 2. The maximum absolute atomic E-state index is 11.3. The fourth-order valence-electron chi connectivity index (χ4n) is 1.60. The normalized spacial score (nSPS) is 13.7. The molecule has 2 N–H and O–H groups in total. The quantitative estimate of drug-likeness (QED) is 0.466. The third-order valence-electron chi connectivity index (χ3n) is 2.53.